The number of nitrogens with one attached hydrogen (secondary N) is 1. The molecular formula is C13H28N2O2S. The van der Waals surface area contributed by atoms with Gasteiger partial charge in [-0.25, -0.2) is 0 Å². The van der Waals surface area contributed by atoms with Crippen LogP contribution in [-0.2, 0) is 4.79 Å². The molecular weight excluding hydrogens is 248 g/mol. The molecule has 3 unspecified atom stereocenters. The van der Waals surface area contributed by atoms with Crippen LogP contribution in [0, 0.1) is 0 Å². The smallest absolute Gasteiger partial charge is 0.237 e. The Bertz CT molecular complexity index is 249. The highest BCUT2D eigenvalue weighted by Crippen LogP contribution is 2.19. The van der Waals surface area contributed by atoms with Crippen LogP contribution in [0.1, 0.15) is 47.0 Å². The summed E-state index contributed by atoms with van der Waals surface area (Å²) in [6.45, 7) is 8.55. The number of hydrogen-bond acceptors (Lipinski definition) is 4. The molecule has 0 aromatic heterocycles. The first kappa shape index (κ1) is 17.7. The largest absolute Gasteiger partial charge is 0.392 e. The Hall–Kier alpha value is -0.260. The first-order chi connectivity index (χ1) is 8.33. The molecule has 1 amide bonds. The lowest BCUT2D eigenvalue weighted by atomic mass is 9.95. The standard InChI is InChI=1S/C13H28N2O2S/c1-5-8-15-13(4,12(14)17)7-6-9-18-11(3)10(2)16/h10-11,15-16H,5-9H2,1-4H3,(H2,14,17). The van der Waals surface area contributed by atoms with Crippen molar-refractivity contribution in [1.29, 1.82) is 0 Å². The second kappa shape index (κ2) is 8.77. The van der Waals surface area contributed by atoms with Gasteiger partial charge in [-0.2, -0.15) is 11.8 Å². The van der Waals surface area contributed by atoms with Crippen molar-refractivity contribution in [3.8, 4) is 0 Å². The molecule has 3 atom stereocenters. The molecule has 0 rings (SSSR count). The van der Waals surface area contributed by atoms with Gasteiger partial charge in [-0.05, 0) is 45.4 Å². The van der Waals surface area contributed by atoms with Gasteiger partial charge in [-0.15, -0.1) is 0 Å². The van der Waals surface area contributed by atoms with E-state index >= 15 is 0 Å². The minimum atomic E-state index is -0.607. The summed E-state index contributed by atoms with van der Waals surface area (Å²) in [6, 6.07) is 0. The average molecular weight is 276 g/mol. The normalized spacial score (nSPS) is 18.1. The SMILES string of the molecule is CCCNC(C)(CCCSC(C)C(C)O)C(N)=O. The van der Waals surface area contributed by atoms with E-state index in [9.17, 15) is 9.90 Å². The number of nitrogens with two attached hydrogens (primary N) is 1. The first-order valence-corrected chi connectivity index (χ1v) is 7.73. The highest BCUT2D eigenvalue weighted by atomic mass is 32.2. The Balaban J connectivity index is 4.01. The van der Waals surface area contributed by atoms with Crippen molar-refractivity contribution in [3.05, 3.63) is 0 Å². The van der Waals surface area contributed by atoms with Crippen molar-refractivity contribution in [2.24, 2.45) is 5.73 Å². The number of carbonyl (C=O) groups excluding carboxylic acids is 1. The summed E-state index contributed by atoms with van der Waals surface area (Å²) in [4.78, 5) is 11.5. The monoisotopic (exact) mass is 276 g/mol. The second-order valence-electron chi connectivity index (χ2n) is 5.04. The van der Waals surface area contributed by atoms with E-state index in [2.05, 4.69) is 12.2 Å². The molecule has 0 radical (unpaired) electrons. The molecule has 0 aliphatic carbocycles. The minimum Gasteiger partial charge on any atom is -0.392 e. The number of carbonyl (C=O) groups is 1. The van der Waals surface area contributed by atoms with Crippen LogP contribution in [0.5, 0.6) is 0 Å². The number of amides is 1. The van der Waals surface area contributed by atoms with Gasteiger partial charge in [0.05, 0.1) is 11.6 Å². The van der Waals surface area contributed by atoms with Crippen LogP contribution in [0.2, 0.25) is 0 Å². The van der Waals surface area contributed by atoms with Gasteiger partial charge >= 0.3 is 0 Å². The molecule has 18 heavy (non-hydrogen) atoms. The quantitative estimate of drug-likeness (QED) is 0.529. The van der Waals surface area contributed by atoms with Crippen molar-refractivity contribution in [3.63, 3.8) is 0 Å². The molecule has 0 aromatic carbocycles. The fourth-order valence-electron chi connectivity index (χ4n) is 1.53. The van der Waals surface area contributed by atoms with Gasteiger partial charge in [0.1, 0.15) is 0 Å². The summed E-state index contributed by atoms with van der Waals surface area (Å²) in [7, 11) is 0. The van der Waals surface area contributed by atoms with Gasteiger partial charge in [0, 0.05) is 5.25 Å². The molecule has 4 nitrogen and oxygen atoms in total. The lowest BCUT2D eigenvalue weighted by molar-refractivity contribution is -0.124. The molecule has 0 fully saturated rings. The third kappa shape index (κ3) is 6.61. The lowest BCUT2D eigenvalue weighted by Crippen LogP contribution is -2.53. The molecule has 0 saturated heterocycles. The molecule has 0 saturated carbocycles. The fraction of sp³-hybridized carbons (Fsp3) is 0.923. The maximum atomic E-state index is 11.5. The van der Waals surface area contributed by atoms with Gasteiger partial charge in [0.2, 0.25) is 5.91 Å². The van der Waals surface area contributed by atoms with E-state index in [1.807, 2.05) is 13.8 Å². The Morgan fingerprint density at radius 3 is 2.56 bits per heavy atom. The molecule has 0 aliphatic heterocycles. The van der Waals surface area contributed by atoms with E-state index in [1.54, 1.807) is 18.7 Å². The molecule has 5 heteroatoms. The summed E-state index contributed by atoms with van der Waals surface area (Å²) in [5.41, 5.74) is 4.85. The number of rotatable bonds is 10. The van der Waals surface area contributed by atoms with Crippen molar-refractivity contribution in [2.75, 3.05) is 12.3 Å². The maximum absolute atomic E-state index is 11.5. The number of aliphatic hydroxyl groups excluding tert-OH is 1. The van der Waals surface area contributed by atoms with Crippen molar-refractivity contribution >= 4 is 17.7 Å². The Labute approximate surface area is 115 Å². The molecule has 4 N–H and O–H groups in total. The van der Waals surface area contributed by atoms with Crippen LogP contribution in [0.3, 0.4) is 0 Å². The van der Waals surface area contributed by atoms with Crippen LogP contribution in [0.4, 0.5) is 0 Å². The molecule has 0 aromatic rings. The van der Waals surface area contributed by atoms with Crippen LogP contribution in [-0.4, -0.2) is 40.2 Å². The highest BCUT2D eigenvalue weighted by molar-refractivity contribution is 7.99. The molecule has 0 spiro atoms. The highest BCUT2D eigenvalue weighted by Gasteiger charge is 2.29. The predicted molar refractivity (Wildman–Crippen MR) is 78.7 cm³/mol. The number of thioether (sulfide) groups is 1. The zero-order chi connectivity index (χ0) is 14.2. The summed E-state index contributed by atoms with van der Waals surface area (Å²) < 4.78 is 0. The number of aliphatic hydroxyl groups is 1. The third-order valence-corrected chi connectivity index (χ3v) is 4.63. The van der Waals surface area contributed by atoms with Crippen LogP contribution in [0.15, 0.2) is 0 Å². The lowest BCUT2D eigenvalue weighted by Gasteiger charge is -2.27. The fourth-order valence-corrected chi connectivity index (χ4v) is 2.50. The number of primary amides is 1. The Morgan fingerprint density at radius 2 is 2.11 bits per heavy atom. The van der Waals surface area contributed by atoms with E-state index in [-0.39, 0.29) is 17.3 Å². The topological polar surface area (TPSA) is 75.3 Å². The van der Waals surface area contributed by atoms with Crippen LogP contribution >= 0.6 is 11.8 Å². The van der Waals surface area contributed by atoms with Gasteiger partial charge in [-0.3, -0.25) is 4.79 Å². The second-order valence-corrected chi connectivity index (χ2v) is 6.53. The summed E-state index contributed by atoms with van der Waals surface area (Å²) in [5, 5.41) is 12.8. The number of hydrogen-bond donors (Lipinski definition) is 3. The van der Waals surface area contributed by atoms with Gasteiger partial charge in [-0.1, -0.05) is 13.8 Å². The van der Waals surface area contributed by atoms with Crippen LogP contribution < -0.4 is 11.1 Å². The molecule has 0 bridgehead atoms. The molecule has 0 heterocycles. The summed E-state index contributed by atoms with van der Waals surface area (Å²) in [5.74, 6) is 0.646. The van der Waals surface area contributed by atoms with E-state index < -0.39 is 5.54 Å². The van der Waals surface area contributed by atoms with Crippen molar-refractivity contribution in [1.82, 2.24) is 5.32 Å². The van der Waals surface area contributed by atoms with Gasteiger partial charge < -0.3 is 16.2 Å². The van der Waals surface area contributed by atoms with E-state index in [0.29, 0.717) is 0 Å². The van der Waals surface area contributed by atoms with Crippen LogP contribution in [0.25, 0.3) is 0 Å². The van der Waals surface area contributed by atoms with Gasteiger partial charge in [0.15, 0.2) is 0 Å². The Morgan fingerprint density at radius 1 is 1.50 bits per heavy atom. The molecule has 108 valence electrons. The third-order valence-electron chi connectivity index (χ3n) is 3.19. The van der Waals surface area contributed by atoms with E-state index in [1.165, 1.54) is 0 Å². The summed E-state index contributed by atoms with van der Waals surface area (Å²) >= 11 is 1.73. The van der Waals surface area contributed by atoms with Gasteiger partial charge in [0.25, 0.3) is 0 Å². The Kier molecular flexibility index (Phi) is 8.65. The van der Waals surface area contributed by atoms with E-state index in [0.717, 1.165) is 31.6 Å². The zero-order valence-corrected chi connectivity index (χ0v) is 12.8. The molecule has 0 aliphatic rings. The summed E-state index contributed by atoms with van der Waals surface area (Å²) in [6.07, 6.45) is 2.34. The zero-order valence-electron chi connectivity index (χ0n) is 12.0. The van der Waals surface area contributed by atoms with Crippen molar-refractivity contribution in [2.45, 2.75) is 63.9 Å². The van der Waals surface area contributed by atoms with Crippen molar-refractivity contribution < 1.29 is 9.90 Å². The van der Waals surface area contributed by atoms with E-state index in [4.69, 9.17) is 5.73 Å². The predicted octanol–water partition coefficient (Wildman–Crippen LogP) is 1.51. The minimum absolute atomic E-state index is 0.230. The average Bonchev–Trinajstić information content (AvgIpc) is 2.31. The maximum Gasteiger partial charge on any atom is 0.237 e. The first-order valence-electron chi connectivity index (χ1n) is 6.68.